The molecule has 3 N–H and O–H groups in total. The van der Waals surface area contributed by atoms with Crippen LogP contribution in [0.2, 0.25) is 0 Å². The Morgan fingerprint density at radius 2 is 1.48 bits per heavy atom. The Bertz CT molecular complexity index is 1380. The molecule has 2 amide bonds. The van der Waals surface area contributed by atoms with E-state index in [1.165, 1.54) is 18.6 Å². The summed E-state index contributed by atoms with van der Waals surface area (Å²) in [5.74, 6) is 4.04. The summed E-state index contributed by atoms with van der Waals surface area (Å²) < 4.78 is 17.8. The summed E-state index contributed by atoms with van der Waals surface area (Å²) in [4.78, 5) is 25.2. The second kappa shape index (κ2) is 21.8. The topological polar surface area (TPSA) is 106 Å². The number of unbranched alkanes of at least 4 members (excludes halogenated alkanes) is 1. The highest BCUT2D eigenvalue weighted by Crippen LogP contribution is 2.42. The van der Waals surface area contributed by atoms with E-state index < -0.39 is 17.7 Å². The molecule has 8 nitrogen and oxygen atoms in total. The number of hydrogen-bond acceptors (Lipinski definition) is 10. The number of aliphatic hydroxyl groups excluding tert-OH is 1. The smallest absolute Gasteiger partial charge is 0.221 e. The summed E-state index contributed by atoms with van der Waals surface area (Å²) in [5, 5.41) is 17.5. The first-order valence-corrected chi connectivity index (χ1v) is 22.0. The molecule has 272 valence electrons. The number of aliphatic hydroxyl groups is 1. The van der Waals surface area contributed by atoms with Crippen molar-refractivity contribution in [2.45, 2.75) is 68.4 Å². The van der Waals surface area contributed by atoms with Crippen molar-refractivity contribution in [3.8, 4) is 11.5 Å². The zero-order chi connectivity index (χ0) is 35.6. The summed E-state index contributed by atoms with van der Waals surface area (Å²) in [5.41, 5.74) is 1.57. The van der Waals surface area contributed by atoms with Crippen molar-refractivity contribution in [3.05, 3.63) is 95.6 Å². The lowest BCUT2D eigenvalue weighted by molar-refractivity contribution is -0.123. The summed E-state index contributed by atoms with van der Waals surface area (Å²) in [6.45, 7) is 2.33. The molecular formula is C38H50N2O6S4. The maximum atomic E-state index is 13.0. The monoisotopic (exact) mass is 758 g/mol. The van der Waals surface area contributed by atoms with E-state index in [0.717, 1.165) is 52.0 Å². The van der Waals surface area contributed by atoms with E-state index in [0.29, 0.717) is 25.1 Å². The average Bonchev–Trinajstić information content (AvgIpc) is 3.67. The number of rotatable bonds is 22. The number of amides is 2. The van der Waals surface area contributed by atoms with Crippen LogP contribution >= 0.6 is 43.2 Å². The number of hydrogen-bond donors (Lipinski definition) is 3. The van der Waals surface area contributed by atoms with Gasteiger partial charge < -0.3 is 30.0 Å². The van der Waals surface area contributed by atoms with E-state index in [-0.39, 0.29) is 18.4 Å². The Hall–Kier alpha value is -2.48. The fourth-order valence-electron chi connectivity index (χ4n) is 5.66. The standard InChI is InChI=1S/C38H50N2O6S4/c1-28(41)35(40-37(43)22-25-47-48-26-23-39-36(42)12-8-7-11-34-21-24-49-50-34)27-46-38(29-9-5-4-6-10-29,30-13-17-32(44-2)18-14-30)31-15-19-33(45-3)20-16-31/h4-6,9-10,13-20,28,34-35,41H,7-8,11-12,21-27H2,1-3H3,(H,39,42)(H,40,43)/t28?,34-,35?/m1/s1. The lowest BCUT2D eigenvalue weighted by Gasteiger charge is -2.37. The summed E-state index contributed by atoms with van der Waals surface area (Å²) in [6.07, 6.45) is 4.58. The lowest BCUT2D eigenvalue weighted by Crippen LogP contribution is -2.47. The van der Waals surface area contributed by atoms with Crippen LogP contribution in [0.15, 0.2) is 78.9 Å². The zero-order valence-corrected chi connectivity index (χ0v) is 32.4. The van der Waals surface area contributed by atoms with Crippen LogP contribution in [0.5, 0.6) is 11.5 Å². The van der Waals surface area contributed by atoms with Gasteiger partial charge in [0.15, 0.2) is 0 Å². The highest BCUT2D eigenvalue weighted by molar-refractivity contribution is 8.77. The highest BCUT2D eigenvalue weighted by Gasteiger charge is 2.39. The Morgan fingerprint density at radius 1 is 0.860 bits per heavy atom. The molecule has 0 aromatic heterocycles. The van der Waals surface area contributed by atoms with Gasteiger partial charge in [-0.15, -0.1) is 0 Å². The molecule has 0 spiro atoms. The van der Waals surface area contributed by atoms with Crippen LogP contribution in [0.25, 0.3) is 0 Å². The number of nitrogens with one attached hydrogen (secondary N) is 2. The van der Waals surface area contributed by atoms with E-state index in [4.69, 9.17) is 14.2 Å². The number of benzene rings is 3. The van der Waals surface area contributed by atoms with Crippen molar-refractivity contribution in [2.75, 3.05) is 44.6 Å². The molecule has 1 saturated heterocycles. The van der Waals surface area contributed by atoms with Gasteiger partial charge in [0.1, 0.15) is 17.1 Å². The molecule has 1 aliphatic rings. The summed E-state index contributed by atoms with van der Waals surface area (Å²) >= 11 is 0. The van der Waals surface area contributed by atoms with Gasteiger partial charge in [0, 0.05) is 41.9 Å². The third-order valence-electron chi connectivity index (χ3n) is 8.49. The van der Waals surface area contributed by atoms with Crippen molar-refractivity contribution in [2.24, 2.45) is 0 Å². The molecular weight excluding hydrogens is 709 g/mol. The van der Waals surface area contributed by atoms with Crippen molar-refractivity contribution in [1.29, 1.82) is 0 Å². The SMILES string of the molecule is COc1ccc(C(OCC(NC(=O)CCSSCCNC(=O)CCCC[C@@H]2CCSS2)C(C)O)(c2ccccc2)c2ccc(OC)cc2)cc1. The van der Waals surface area contributed by atoms with E-state index in [1.54, 1.807) is 42.7 Å². The Morgan fingerprint density at radius 3 is 2.06 bits per heavy atom. The minimum absolute atomic E-state index is 0.0521. The quantitative estimate of drug-likeness (QED) is 0.0543. The van der Waals surface area contributed by atoms with Crippen LogP contribution in [0.3, 0.4) is 0 Å². The molecule has 1 heterocycles. The summed E-state index contributed by atoms with van der Waals surface area (Å²) in [7, 11) is 10.5. The van der Waals surface area contributed by atoms with Gasteiger partial charge in [-0.05, 0) is 67.1 Å². The normalized spacial score (nSPS) is 15.6. The minimum atomic E-state index is -1.06. The van der Waals surface area contributed by atoms with Crippen LogP contribution in [-0.4, -0.2) is 78.9 Å². The van der Waals surface area contributed by atoms with E-state index >= 15 is 0 Å². The number of methoxy groups -OCH3 is 2. The van der Waals surface area contributed by atoms with Crippen LogP contribution in [0.1, 0.15) is 62.1 Å². The number of carbonyl (C=O) groups is 2. The largest absolute Gasteiger partial charge is 0.497 e. The predicted molar refractivity (Wildman–Crippen MR) is 211 cm³/mol. The van der Waals surface area contributed by atoms with Gasteiger partial charge in [0.05, 0.1) is 33.0 Å². The molecule has 4 rings (SSSR count). The second-order valence-corrected chi connectivity index (χ2v) is 17.5. The molecule has 2 unspecified atom stereocenters. The first-order chi connectivity index (χ1) is 24.3. The third-order valence-corrected chi connectivity index (χ3v) is 13.9. The van der Waals surface area contributed by atoms with Gasteiger partial charge in [-0.2, -0.15) is 0 Å². The fourth-order valence-corrected chi connectivity index (χ4v) is 10.6. The minimum Gasteiger partial charge on any atom is -0.497 e. The van der Waals surface area contributed by atoms with Gasteiger partial charge in [-0.1, -0.05) is 104 Å². The first-order valence-electron chi connectivity index (χ1n) is 17.1. The molecule has 50 heavy (non-hydrogen) atoms. The van der Waals surface area contributed by atoms with Crippen molar-refractivity contribution >= 4 is 55.0 Å². The average molecular weight is 759 g/mol. The first kappa shape index (κ1) is 40.3. The Labute approximate surface area is 313 Å². The fraction of sp³-hybridized carbons (Fsp3) is 0.474. The van der Waals surface area contributed by atoms with E-state index in [1.807, 2.05) is 100 Å². The van der Waals surface area contributed by atoms with Crippen LogP contribution in [0.4, 0.5) is 0 Å². The molecule has 0 saturated carbocycles. The predicted octanol–water partition coefficient (Wildman–Crippen LogP) is 7.48. The van der Waals surface area contributed by atoms with Crippen molar-refractivity contribution in [1.82, 2.24) is 10.6 Å². The second-order valence-electron chi connectivity index (χ2n) is 12.0. The molecule has 3 atom stereocenters. The number of carbonyl (C=O) groups excluding carboxylic acids is 2. The van der Waals surface area contributed by atoms with Crippen LogP contribution < -0.4 is 20.1 Å². The van der Waals surface area contributed by atoms with Crippen LogP contribution in [0, 0.1) is 0 Å². The van der Waals surface area contributed by atoms with Gasteiger partial charge in [0.25, 0.3) is 0 Å². The number of ether oxygens (including phenoxy) is 3. The summed E-state index contributed by atoms with van der Waals surface area (Å²) in [6, 6.07) is 24.8. The molecule has 1 fully saturated rings. The maximum absolute atomic E-state index is 13.0. The third kappa shape index (κ3) is 12.3. The molecule has 3 aromatic rings. The van der Waals surface area contributed by atoms with Crippen LogP contribution in [-0.2, 0) is 19.9 Å². The molecule has 12 heteroatoms. The Balaban J connectivity index is 1.29. The van der Waals surface area contributed by atoms with Gasteiger partial charge in [-0.25, -0.2) is 0 Å². The van der Waals surface area contributed by atoms with Gasteiger partial charge in [-0.3, -0.25) is 9.59 Å². The zero-order valence-electron chi connectivity index (χ0n) is 29.1. The maximum Gasteiger partial charge on any atom is 0.221 e. The van der Waals surface area contributed by atoms with Gasteiger partial charge >= 0.3 is 0 Å². The molecule has 1 aliphatic heterocycles. The Kier molecular flexibility index (Phi) is 17.6. The molecule has 0 bridgehead atoms. The molecule has 0 radical (unpaired) electrons. The van der Waals surface area contributed by atoms with E-state index in [9.17, 15) is 14.7 Å². The highest BCUT2D eigenvalue weighted by atomic mass is 33.1. The van der Waals surface area contributed by atoms with Crippen molar-refractivity contribution < 1.29 is 28.9 Å². The molecule has 3 aromatic carbocycles. The van der Waals surface area contributed by atoms with Crippen molar-refractivity contribution in [3.63, 3.8) is 0 Å². The lowest BCUT2D eigenvalue weighted by atomic mass is 9.80. The van der Waals surface area contributed by atoms with Gasteiger partial charge in [0.2, 0.25) is 11.8 Å². The molecule has 0 aliphatic carbocycles. The van der Waals surface area contributed by atoms with E-state index in [2.05, 4.69) is 10.6 Å².